The Balaban J connectivity index is 1.51. The van der Waals surface area contributed by atoms with E-state index >= 15 is 0 Å². The van der Waals surface area contributed by atoms with Crippen molar-refractivity contribution in [1.29, 1.82) is 0 Å². The van der Waals surface area contributed by atoms with Gasteiger partial charge in [0.25, 0.3) is 5.91 Å². The van der Waals surface area contributed by atoms with Gasteiger partial charge in [-0.1, -0.05) is 12.5 Å². The molecule has 1 fully saturated rings. The van der Waals surface area contributed by atoms with Crippen LogP contribution < -0.4 is 5.32 Å². The van der Waals surface area contributed by atoms with Crippen molar-refractivity contribution in [1.82, 2.24) is 20.2 Å². The van der Waals surface area contributed by atoms with E-state index in [1.54, 1.807) is 18.6 Å². The number of nitrogens with one attached hydrogen (secondary N) is 2. The predicted octanol–water partition coefficient (Wildman–Crippen LogP) is 3.39. The van der Waals surface area contributed by atoms with Crippen LogP contribution in [0.3, 0.4) is 0 Å². The molecule has 3 aromatic heterocycles. The van der Waals surface area contributed by atoms with E-state index in [1.807, 2.05) is 30.3 Å². The number of carbonyl (C=O) groups is 1. The van der Waals surface area contributed by atoms with Gasteiger partial charge in [0.15, 0.2) is 0 Å². The Kier molecular flexibility index (Phi) is 3.78. The molecule has 0 bridgehead atoms. The standard InChI is InChI=1S/C18H17N5O/c24-18(13-7-8-14(20-10-13)12-4-3-5-12)22-16-11-21-23-17(16)15-6-1-2-9-19-15/h1-2,6-12H,3-5H2,(H,21,23)(H,22,24). The molecule has 24 heavy (non-hydrogen) atoms. The zero-order valence-electron chi connectivity index (χ0n) is 13.1. The minimum Gasteiger partial charge on any atom is -0.319 e. The summed E-state index contributed by atoms with van der Waals surface area (Å²) < 4.78 is 0. The van der Waals surface area contributed by atoms with Crippen LogP contribution in [-0.4, -0.2) is 26.1 Å². The van der Waals surface area contributed by atoms with Crippen molar-refractivity contribution in [2.75, 3.05) is 5.32 Å². The molecule has 120 valence electrons. The lowest BCUT2D eigenvalue weighted by molar-refractivity contribution is 0.102. The number of hydrogen-bond acceptors (Lipinski definition) is 4. The van der Waals surface area contributed by atoms with Crippen LogP contribution in [0.1, 0.15) is 41.2 Å². The number of nitrogens with zero attached hydrogens (tertiary/aromatic N) is 3. The summed E-state index contributed by atoms with van der Waals surface area (Å²) in [5.41, 5.74) is 3.62. The van der Waals surface area contributed by atoms with Crippen molar-refractivity contribution < 1.29 is 4.79 Å². The minimum absolute atomic E-state index is 0.207. The molecule has 0 aromatic carbocycles. The van der Waals surface area contributed by atoms with Crippen molar-refractivity contribution in [3.63, 3.8) is 0 Å². The number of H-pyrrole nitrogens is 1. The Morgan fingerprint density at radius 3 is 2.71 bits per heavy atom. The largest absolute Gasteiger partial charge is 0.319 e. The van der Waals surface area contributed by atoms with Gasteiger partial charge in [0.1, 0.15) is 5.69 Å². The first-order valence-electron chi connectivity index (χ1n) is 8.03. The summed E-state index contributed by atoms with van der Waals surface area (Å²) in [6.45, 7) is 0. The summed E-state index contributed by atoms with van der Waals surface area (Å²) >= 11 is 0. The van der Waals surface area contributed by atoms with Crippen molar-refractivity contribution >= 4 is 11.6 Å². The maximum Gasteiger partial charge on any atom is 0.257 e. The van der Waals surface area contributed by atoms with Gasteiger partial charge >= 0.3 is 0 Å². The number of anilines is 1. The fraction of sp³-hybridized carbons (Fsp3) is 0.222. The van der Waals surface area contributed by atoms with Crippen LogP contribution in [0.2, 0.25) is 0 Å². The topological polar surface area (TPSA) is 83.6 Å². The Morgan fingerprint density at radius 2 is 2.04 bits per heavy atom. The molecule has 4 rings (SSSR count). The van der Waals surface area contributed by atoms with Crippen molar-refractivity contribution in [3.05, 3.63) is 60.2 Å². The van der Waals surface area contributed by atoms with E-state index in [2.05, 4.69) is 25.5 Å². The van der Waals surface area contributed by atoms with Crippen LogP contribution in [0.15, 0.2) is 48.9 Å². The average Bonchev–Trinajstić information content (AvgIpc) is 3.03. The fourth-order valence-electron chi connectivity index (χ4n) is 2.77. The molecule has 1 aliphatic carbocycles. The second-order valence-electron chi connectivity index (χ2n) is 5.93. The highest BCUT2D eigenvalue weighted by Gasteiger charge is 2.21. The number of amides is 1. The second-order valence-corrected chi connectivity index (χ2v) is 5.93. The van der Waals surface area contributed by atoms with E-state index < -0.39 is 0 Å². The zero-order chi connectivity index (χ0) is 16.4. The van der Waals surface area contributed by atoms with Gasteiger partial charge in [0.2, 0.25) is 0 Å². The van der Waals surface area contributed by atoms with E-state index in [9.17, 15) is 4.79 Å². The highest BCUT2D eigenvalue weighted by molar-refractivity contribution is 6.05. The van der Waals surface area contributed by atoms with Gasteiger partial charge < -0.3 is 5.32 Å². The molecule has 3 heterocycles. The zero-order valence-corrected chi connectivity index (χ0v) is 13.1. The normalized spacial score (nSPS) is 14.2. The highest BCUT2D eigenvalue weighted by atomic mass is 16.1. The quantitative estimate of drug-likeness (QED) is 0.772. The summed E-state index contributed by atoms with van der Waals surface area (Å²) in [4.78, 5) is 21.2. The van der Waals surface area contributed by atoms with Crippen molar-refractivity contribution in [2.24, 2.45) is 0 Å². The molecule has 0 atom stereocenters. The molecule has 0 spiro atoms. The summed E-state index contributed by atoms with van der Waals surface area (Å²) in [7, 11) is 0. The lowest BCUT2D eigenvalue weighted by Crippen LogP contribution is -2.14. The monoisotopic (exact) mass is 319 g/mol. The Bertz CT molecular complexity index is 837. The van der Waals surface area contributed by atoms with Crippen LogP contribution in [-0.2, 0) is 0 Å². The lowest BCUT2D eigenvalue weighted by Gasteiger charge is -2.24. The molecule has 0 aliphatic heterocycles. The Hall–Kier alpha value is -3.02. The molecule has 2 N–H and O–H groups in total. The van der Waals surface area contributed by atoms with E-state index in [0.717, 1.165) is 11.4 Å². The molecular weight excluding hydrogens is 302 g/mol. The van der Waals surface area contributed by atoms with Crippen LogP contribution in [0.4, 0.5) is 5.69 Å². The molecule has 6 nitrogen and oxygen atoms in total. The van der Waals surface area contributed by atoms with Crippen LogP contribution in [0, 0.1) is 0 Å². The first-order chi connectivity index (χ1) is 11.8. The predicted molar refractivity (Wildman–Crippen MR) is 90.6 cm³/mol. The average molecular weight is 319 g/mol. The smallest absolute Gasteiger partial charge is 0.257 e. The van der Waals surface area contributed by atoms with Gasteiger partial charge in [0, 0.05) is 24.0 Å². The Labute approximate surface area is 139 Å². The SMILES string of the molecule is O=C(Nc1cn[nH]c1-c1ccccn1)c1ccc(C2CCC2)nc1. The first kappa shape index (κ1) is 14.6. The molecule has 0 unspecified atom stereocenters. The number of hydrogen-bond donors (Lipinski definition) is 2. The third-order valence-electron chi connectivity index (χ3n) is 4.38. The van der Waals surface area contributed by atoms with Crippen molar-refractivity contribution in [2.45, 2.75) is 25.2 Å². The fourth-order valence-corrected chi connectivity index (χ4v) is 2.77. The van der Waals surface area contributed by atoms with Gasteiger partial charge in [-0.15, -0.1) is 0 Å². The lowest BCUT2D eigenvalue weighted by atomic mass is 9.82. The highest BCUT2D eigenvalue weighted by Crippen LogP contribution is 2.35. The molecule has 1 saturated carbocycles. The third kappa shape index (κ3) is 2.78. The maximum atomic E-state index is 12.4. The van der Waals surface area contributed by atoms with Gasteiger partial charge in [-0.2, -0.15) is 5.10 Å². The summed E-state index contributed by atoms with van der Waals surface area (Å²) in [6, 6.07) is 9.37. The molecule has 1 amide bonds. The third-order valence-corrected chi connectivity index (χ3v) is 4.38. The number of pyridine rings is 2. The number of rotatable bonds is 4. The summed E-state index contributed by atoms with van der Waals surface area (Å²) in [5, 5.41) is 9.75. The van der Waals surface area contributed by atoms with Crippen LogP contribution in [0.5, 0.6) is 0 Å². The molecule has 0 saturated heterocycles. The summed E-state index contributed by atoms with van der Waals surface area (Å²) in [5.74, 6) is 0.355. The van der Waals surface area contributed by atoms with E-state index in [4.69, 9.17) is 0 Å². The maximum absolute atomic E-state index is 12.4. The molecule has 1 aliphatic rings. The van der Waals surface area contributed by atoms with E-state index in [0.29, 0.717) is 22.9 Å². The van der Waals surface area contributed by atoms with Gasteiger partial charge in [0.05, 0.1) is 23.1 Å². The molecular formula is C18H17N5O. The van der Waals surface area contributed by atoms with Crippen LogP contribution in [0.25, 0.3) is 11.4 Å². The van der Waals surface area contributed by atoms with E-state index in [-0.39, 0.29) is 5.91 Å². The molecule has 0 radical (unpaired) electrons. The van der Waals surface area contributed by atoms with Gasteiger partial charge in [-0.3, -0.25) is 19.9 Å². The first-order valence-corrected chi connectivity index (χ1v) is 8.03. The minimum atomic E-state index is -0.207. The van der Waals surface area contributed by atoms with E-state index in [1.165, 1.54) is 19.3 Å². The van der Waals surface area contributed by atoms with Gasteiger partial charge in [-0.05, 0) is 37.1 Å². The van der Waals surface area contributed by atoms with Crippen LogP contribution >= 0.6 is 0 Å². The molecule has 6 heteroatoms. The summed E-state index contributed by atoms with van der Waals surface area (Å²) in [6.07, 6.45) is 8.58. The number of aromatic nitrogens is 4. The Morgan fingerprint density at radius 1 is 1.12 bits per heavy atom. The second kappa shape index (κ2) is 6.23. The molecule has 3 aromatic rings. The van der Waals surface area contributed by atoms with Gasteiger partial charge in [-0.25, -0.2) is 0 Å². The van der Waals surface area contributed by atoms with Crippen molar-refractivity contribution in [3.8, 4) is 11.4 Å². The number of aromatic amines is 1. The number of carbonyl (C=O) groups excluding carboxylic acids is 1.